The van der Waals surface area contributed by atoms with Gasteiger partial charge in [0.1, 0.15) is 24.4 Å². The predicted molar refractivity (Wildman–Crippen MR) is 112 cm³/mol. The van der Waals surface area contributed by atoms with Gasteiger partial charge in [-0.05, 0) is 17.7 Å². The molecule has 0 spiro atoms. The van der Waals surface area contributed by atoms with Crippen molar-refractivity contribution < 1.29 is 53.0 Å². The van der Waals surface area contributed by atoms with Crippen LogP contribution in [-0.4, -0.2) is 100 Å². The van der Waals surface area contributed by atoms with Crippen molar-refractivity contribution in [1.29, 1.82) is 0 Å². The number of carboxylic acids is 1. The molecule has 33 heavy (non-hydrogen) atoms. The van der Waals surface area contributed by atoms with E-state index in [1.807, 2.05) is 0 Å². The van der Waals surface area contributed by atoms with Crippen LogP contribution < -0.4 is 5.32 Å². The molecule has 1 amide bonds. The minimum absolute atomic E-state index is 0.0467. The zero-order valence-electron chi connectivity index (χ0n) is 17.0. The van der Waals surface area contributed by atoms with Gasteiger partial charge in [0, 0.05) is 6.26 Å². The Kier molecular flexibility index (Phi) is 9.44. The number of benzene rings is 1. The molecule has 0 radical (unpaired) electrons. The van der Waals surface area contributed by atoms with Crippen LogP contribution in [0.4, 0.5) is 0 Å². The summed E-state index contributed by atoms with van der Waals surface area (Å²) < 4.78 is 34.2. The molecule has 0 aliphatic carbocycles. The second kappa shape index (κ2) is 11.3. The van der Waals surface area contributed by atoms with Crippen LogP contribution in [0.25, 0.3) is 0 Å². The molecule has 1 aromatic rings. The van der Waals surface area contributed by atoms with Gasteiger partial charge in [-0.25, -0.2) is 13.2 Å². The molecule has 6 N–H and O–H groups in total. The van der Waals surface area contributed by atoms with Gasteiger partial charge >= 0.3 is 5.97 Å². The number of sulfone groups is 1. The monoisotopic (exact) mass is 531 g/mol. The molecule has 1 aromatic carbocycles. The Bertz CT molecular complexity index is 943. The number of halogens is 2. The van der Waals surface area contributed by atoms with E-state index in [1.165, 1.54) is 24.3 Å². The van der Waals surface area contributed by atoms with Crippen molar-refractivity contribution in [3.63, 3.8) is 0 Å². The third-order valence-electron chi connectivity index (χ3n) is 4.82. The average Bonchev–Trinajstić information content (AvgIpc) is 2.74. The molecule has 186 valence electrons. The number of aliphatic carboxylic acids is 1. The third kappa shape index (κ3) is 6.74. The Morgan fingerprint density at radius 1 is 1.12 bits per heavy atom. The molecule has 12 nitrogen and oxygen atoms in total. The molecule has 2 rings (SSSR count). The van der Waals surface area contributed by atoms with Gasteiger partial charge in [-0.1, -0.05) is 35.3 Å². The summed E-state index contributed by atoms with van der Waals surface area (Å²) in [4.78, 5) is 21.8. The summed E-state index contributed by atoms with van der Waals surface area (Å²) in [7, 11) is -3.55. The lowest BCUT2D eigenvalue weighted by molar-refractivity contribution is -0.307. The number of alkyl halides is 2. The Hall–Kier alpha value is -1.55. The minimum atomic E-state index is -3.55. The molecule has 1 fully saturated rings. The van der Waals surface area contributed by atoms with Crippen molar-refractivity contribution >= 4 is 44.9 Å². The van der Waals surface area contributed by atoms with Gasteiger partial charge in [0.2, 0.25) is 0 Å². The fourth-order valence-electron chi connectivity index (χ4n) is 3.08. The van der Waals surface area contributed by atoms with Gasteiger partial charge in [-0.3, -0.25) is 4.79 Å². The first-order valence-corrected chi connectivity index (χ1v) is 12.1. The molecule has 0 bridgehead atoms. The largest absolute Gasteiger partial charge is 0.479 e. The van der Waals surface area contributed by atoms with Gasteiger partial charge < -0.3 is 40.3 Å². The highest BCUT2D eigenvalue weighted by molar-refractivity contribution is 7.90. The zero-order valence-corrected chi connectivity index (χ0v) is 19.3. The second-order valence-electron chi connectivity index (χ2n) is 7.23. The van der Waals surface area contributed by atoms with Crippen LogP contribution in [-0.2, 0) is 28.9 Å². The maximum absolute atomic E-state index is 12.0. The van der Waals surface area contributed by atoms with Gasteiger partial charge in [-0.15, -0.1) is 0 Å². The summed E-state index contributed by atoms with van der Waals surface area (Å²) in [6, 6.07) is 3.75. The third-order valence-corrected chi connectivity index (χ3v) is 6.34. The van der Waals surface area contributed by atoms with E-state index in [9.17, 15) is 43.5 Å². The molecule has 0 saturated carbocycles. The van der Waals surface area contributed by atoms with E-state index in [0.717, 1.165) is 6.26 Å². The Balaban J connectivity index is 2.43. The molecule has 1 aliphatic heterocycles. The fourth-order valence-corrected chi connectivity index (χ4v) is 3.84. The second-order valence-corrected chi connectivity index (χ2v) is 10.3. The predicted octanol–water partition coefficient (Wildman–Crippen LogP) is -1.68. The molecule has 1 heterocycles. The van der Waals surface area contributed by atoms with Crippen molar-refractivity contribution in [3.8, 4) is 0 Å². The Labute approximate surface area is 198 Å². The smallest absolute Gasteiger partial charge is 0.335 e. The molecule has 1 saturated heterocycles. The molecule has 7 atom stereocenters. The number of nitrogens with one attached hydrogen (secondary N) is 1. The van der Waals surface area contributed by atoms with E-state index in [4.69, 9.17) is 32.7 Å². The van der Waals surface area contributed by atoms with Gasteiger partial charge in [0.05, 0.1) is 17.5 Å². The maximum Gasteiger partial charge on any atom is 0.335 e. The molecule has 15 heteroatoms. The topological polar surface area (TPSA) is 200 Å². The minimum Gasteiger partial charge on any atom is -0.479 e. The lowest BCUT2D eigenvalue weighted by Gasteiger charge is -2.41. The normalized spacial score (nSPS) is 27.7. The summed E-state index contributed by atoms with van der Waals surface area (Å²) in [6.45, 7) is -0.763. The highest BCUT2D eigenvalue weighted by Crippen LogP contribution is 2.30. The number of carbonyl (C=O) groups is 2. The summed E-state index contributed by atoms with van der Waals surface area (Å²) in [6.07, 6.45) is -10.0. The number of hydrogen-bond donors (Lipinski definition) is 6. The number of carboxylic acid groups (broad SMARTS) is 1. The van der Waals surface area contributed by atoms with E-state index >= 15 is 0 Å². The highest BCUT2D eigenvalue weighted by Gasteiger charge is 2.48. The van der Waals surface area contributed by atoms with Crippen LogP contribution in [0, 0.1) is 0 Å². The summed E-state index contributed by atoms with van der Waals surface area (Å²) in [5.41, 5.74) is 0.172. The van der Waals surface area contributed by atoms with Crippen molar-refractivity contribution in [3.05, 3.63) is 29.8 Å². The summed E-state index contributed by atoms with van der Waals surface area (Å²) >= 11 is 11.1. The lowest BCUT2D eigenvalue weighted by atomic mass is 9.98. The lowest BCUT2D eigenvalue weighted by Crippen LogP contribution is -2.61. The van der Waals surface area contributed by atoms with E-state index < -0.39 is 76.0 Å². The van der Waals surface area contributed by atoms with Crippen LogP contribution in [0.15, 0.2) is 29.2 Å². The number of aliphatic hydroxyl groups is 4. The van der Waals surface area contributed by atoms with Crippen molar-refractivity contribution in [1.82, 2.24) is 5.32 Å². The number of rotatable bonds is 9. The number of hydrogen-bond acceptors (Lipinski definition) is 10. The number of aliphatic hydroxyl groups excluding tert-OH is 4. The molecular weight excluding hydrogens is 509 g/mol. The standard InChI is InChI=1S/C18H23Cl2NO11S/c1-33(29,30)8-4-2-7(3-5-8)13(9(6-22)21-16(26)15(19)20)31-18-12(25)10(23)11(24)14(32-18)17(27)28/h2-5,9-15,18,22-25H,6H2,1H3,(H,21,26)(H,27,28)/t9-,10?,11?,12?,13-,14?,18?/m1/s1. The summed E-state index contributed by atoms with van der Waals surface area (Å²) in [5, 5.41) is 51.5. The van der Waals surface area contributed by atoms with Crippen molar-refractivity contribution in [2.24, 2.45) is 0 Å². The quantitative estimate of drug-likeness (QED) is 0.199. The van der Waals surface area contributed by atoms with Gasteiger partial charge in [0.15, 0.2) is 27.1 Å². The zero-order chi connectivity index (χ0) is 25.1. The first kappa shape index (κ1) is 27.7. The van der Waals surface area contributed by atoms with Crippen LogP contribution in [0.5, 0.6) is 0 Å². The van der Waals surface area contributed by atoms with Gasteiger partial charge in [-0.2, -0.15) is 0 Å². The highest BCUT2D eigenvalue weighted by atomic mass is 35.5. The molecule has 0 aromatic heterocycles. The fraction of sp³-hybridized carbons (Fsp3) is 0.556. The van der Waals surface area contributed by atoms with Crippen molar-refractivity contribution in [2.45, 2.75) is 52.6 Å². The first-order chi connectivity index (χ1) is 15.3. The number of carbonyl (C=O) groups excluding carboxylic acids is 1. The van der Waals surface area contributed by atoms with Gasteiger partial charge in [0.25, 0.3) is 5.91 Å². The summed E-state index contributed by atoms with van der Waals surface area (Å²) in [5.74, 6) is -2.56. The molecule has 5 unspecified atom stereocenters. The number of ether oxygens (including phenoxy) is 2. The van der Waals surface area contributed by atoms with E-state index in [-0.39, 0.29) is 10.5 Å². The SMILES string of the molecule is CS(=O)(=O)c1ccc([C@@H](OC2OC(C(=O)O)C(O)C(O)C2O)[C@@H](CO)NC(=O)C(Cl)Cl)cc1. The van der Waals surface area contributed by atoms with Crippen LogP contribution >= 0.6 is 23.2 Å². The molecular formula is C18H23Cl2NO11S. The Morgan fingerprint density at radius 2 is 1.70 bits per heavy atom. The number of amides is 1. The van der Waals surface area contributed by atoms with Crippen LogP contribution in [0.2, 0.25) is 0 Å². The van der Waals surface area contributed by atoms with E-state index in [1.54, 1.807) is 0 Å². The maximum atomic E-state index is 12.0. The van der Waals surface area contributed by atoms with Crippen LogP contribution in [0.3, 0.4) is 0 Å². The Morgan fingerprint density at radius 3 is 2.15 bits per heavy atom. The van der Waals surface area contributed by atoms with Crippen molar-refractivity contribution in [2.75, 3.05) is 12.9 Å². The van der Waals surface area contributed by atoms with E-state index in [0.29, 0.717) is 0 Å². The first-order valence-electron chi connectivity index (χ1n) is 9.35. The average molecular weight is 532 g/mol. The van der Waals surface area contributed by atoms with Crippen LogP contribution in [0.1, 0.15) is 11.7 Å². The van der Waals surface area contributed by atoms with E-state index in [2.05, 4.69) is 5.32 Å². The molecule has 1 aliphatic rings.